The van der Waals surface area contributed by atoms with Crippen LogP contribution in [0, 0.1) is 10.8 Å². The number of likely N-dealkylation sites (N-methyl/N-ethyl adjacent to an activating group) is 1. The molecule has 1 N–H and O–H groups in total. The summed E-state index contributed by atoms with van der Waals surface area (Å²) in [5, 5.41) is 7.25. The van der Waals surface area contributed by atoms with Crippen LogP contribution in [-0.2, 0) is 6.42 Å². The highest BCUT2D eigenvalue weighted by molar-refractivity contribution is 5.85. The van der Waals surface area contributed by atoms with Crippen LogP contribution in [0.2, 0.25) is 0 Å². The van der Waals surface area contributed by atoms with Crippen molar-refractivity contribution in [3.63, 3.8) is 0 Å². The van der Waals surface area contributed by atoms with Gasteiger partial charge < -0.3 is 9.84 Å². The summed E-state index contributed by atoms with van der Waals surface area (Å²) in [6.45, 7) is 11.2. The Balaban J connectivity index is 0.00000162. The van der Waals surface area contributed by atoms with Crippen LogP contribution in [0.1, 0.15) is 52.3 Å². The number of nitrogens with one attached hydrogen (secondary N) is 1. The van der Waals surface area contributed by atoms with Gasteiger partial charge in [-0.15, -0.1) is 12.4 Å². The SMILES string of the molecule is CNC(C)Cc1noc(C2C(C)(C)C2(C)C)n1.Cl. The molecule has 0 aromatic carbocycles. The van der Waals surface area contributed by atoms with Crippen molar-refractivity contribution in [3.05, 3.63) is 11.7 Å². The molecule has 2 rings (SSSR count). The number of halogens is 1. The van der Waals surface area contributed by atoms with Crippen molar-refractivity contribution in [2.45, 2.75) is 53.0 Å². The summed E-state index contributed by atoms with van der Waals surface area (Å²) in [7, 11) is 1.94. The van der Waals surface area contributed by atoms with Gasteiger partial charge in [-0.1, -0.05) is 32.9 Å². The number of nitrogens with zero attached hydrogens (tertiary/aromatic N) is 2. The molecule has 1 aromatic heterocycles. The van der Waals surface area contributed by atoms with Gasteiger partial charge in [-0.3, -0.25) is 0 Å². The Labute approximate surface area is 115 Å². The molecule has 0 amide bonds. The van der Waals surface area contributed by atoms with Gasteiger partial charge in [-0.05, 0) is 24.8 Å². The van der Waals surface area contributed by atoms with Crippen LogP contribution in [0.4, 0.5) is 0 Å². The zero-order chi connectivity index (χ0) is 12.8. The molecule has 1 heterocycles. The van der Waals surface area contributed by atoms with Crippen LogP contribution >= 0.6 is 12.4 Å². The molecule has 0 radical (unpaired) electrons. The molecule has 0 aliphatic heterocycles. The Morgan fingerprint density at radius 2 is 1.83 bits per heavy atom. The lowest BCUT2D eigenvalue weighted by Crippen LogP contribution is -2.24. The topological polar surface area (TPSA) is 51.0 Å². The molecule has 0 spiro atoms. The van der Waals surface area contributed by atoms with Crippen LogP contribution in [0.5, 0.6) is 0 Å². The number of rotatable bonds is 4. The highest BCUT2D eigenvalue weighted by Crippen LogP contribution is 2.73. The minimum absolute atomic E-state index is 0. The maximum Gasteiger partial charge on any atom is 0.230 e. The van der Waals surface area contributed by atoms with Crippen molar-refractivity contribution in [2.75, 3.05) is 7.05 Å². The fourth-order valence-electron chi connectivity index (χ4n) is 2.66. The van der Waals surface area contributed by atoms with E-state index in [1.165, 1.54) is 0 Å². The molecule has 5 heteroatoms. The normalized spacial score (nSPS) is 22.3. The lowest BCUT2D eigenvalue weighted by molar-refractivity contribution is 0.359. The molecule has 18 heavy (non-hydrogen) atoms. The summed E-state index contributed by atoms with van der Waals surface area (Å²) in [4.78, 5) is 4.53. The van der Waals surface area contributed by atoms with Crippen LogP contribution in [0.3, 0.4) is 0 Å². The zero-order valence-corrected chi connectivity index (χ0v) is 12.9. The molecule has 1 atom stereocenters. The quantitative estimate of drug-likeness (QED) is 0.917. The van der Waals surface area contributed by atoms with Crippen LogP contribution in [0.15, 0.2) is 4.52 Å². The maximum absolute atomic E-state index is 5.42. The van der Waals surface area contributed by atoms with E-state index < -0.39 is 0 Å². The molecule has 1 aromatic rings. The minimum Gasteiger partial charge on any atom is -0.339 e. The van der Waals surface area contributed by atoms with Crippen molar-refractivity contribution >= 4 is 12.4 Å². The van der Waals surface area contributed by atoms with Crippen LogP contribution in [0.25, 0.3) is 0 Å². The second kappa shape index (κ2) is 4.82. The summed E-state index contributed by atoms with van der Waals surface area (Å²) < 4.78 is 5.42. The van der Waals surface area contributed by atoms with Crippen LogP contribution < -0.4 is 5.32 Å². The minimum atomic E-state index is 0. The summed E-state index contributed by atoms with van der Waals surface area (Å²) in [5.74, 6) is 2.00. The van der Waals surface area contributed by atoms with E-state index in [1.807, 2.05) is 7.05 Å². The van der Waals surface area contributed by atoms with E-state index >= 15 is 0 Å². The third-order valence-corrected chi connectivity index (χ3v) is 4.73. The van der Waals surface area contributed by atoms with E-state index in [4.69, 9.17) is 4.52 Å². The van der Waals surface area contributed by atoms with E-state index in [9.17, 15) is 0 Å². The first-order valence-corrected chi connectivity index (χ1v) is 6.30. The molecule has 1 unspecified atom stereocenters. The molecule has 0 saturated heterocycles. The number of hydrogen-bond acceptors (Lipinski definition) is 4. The van der Waals surface area contributed by atoms with E-state index in [0.29, 0.717) is 12.0 Å². The van der Waals surface area contributed by atoms with E-state index in [1.54, 1.807) is 0 Å². The van der Waals surface area contributed by atoms with Gasteiger partial charge in [0.05, 0.1) is 0 Å². The Hall–Kier alpha value is -0.610. The predicted molar refractivity (Wildman–Crippen MR) is 74.1 cm³/mol. The Bertz CT molecular complexity index is 400. The fraction of sp³-hybridized carbons (Fsp3) is 0.846. The summed E-state index contributed by atoms with van der Waals surface area (Å²) in [6.07, 6.45) is 0.813. The average Bonchev–Trinajstić information content (AvgIpc) is 2.57. The third-order valence-electron chi connectivity index (χ3n) is 4.73. The first-order chi connectivity index (χ1) is 7.80. The maximum atomic E-state index is 5.42. The van der Waals surface area contributed by atoms with Crippen molar-refractivity contribution in [1.82, 2.24) is 15.5 Å². The van der Waals surface area contributed by atoms with Crippen molar-refractivity contribution in [1.29, 1.82) is 0 Å². The molecule has 4 nitrogen and oxygen atoms in total. The summed E-state index contributed by atoms with van der Waals surface area (Å²) in [6, 6.07) is 0.376. The van der Waals surface area contributed by atoms with Gasteiger partial charge in [0.1, 0.15) is 0 Å². The number of hydrogen-bond donors (Lipinski definition) is 1. The Morgan fingerprint density at radius 1 is 1.28 bits per heavy atom. The largest absolute Gasteiger partial charge is 0.339 e. The summed E-state index contributed by atoms with van der Waals surface area (Å²) >= 11 is 0. The molecule has 104 valence electrons. The van der Waals surface area contributed by atoms with Crippen molar-refractivity contribution in [3.8, 4) is 0 Å². The van der Waals surface area contributed by atoms with E-state index in [-0.39, 0.29) is 23.2 Å². The molecule has 0 bridgehead atoms. The van der Waals surface area contributed by atoms with Gasteiger partial charge in [-0.25, -0.2) is 0 Å². The van der Waals surface area contributed by atoms with Gasteiger partial charge in [0.15, 0.2) is 5.82 Å². The van der Waals surface area contributed by atoms with E-state index in [0.717, 1.165) is 18.1 Å². The second-order valence-electron chi connectivity index (χ2n) is 6.32. The van der Waals surface area contributed by atoms with Crippen molar-refractivity contribution in [2.24, 2.45) is 10.8 Å². The molecular formula is C13H24ClN3O. The van der Waals surface area contributed by atoms with Gasteiger partial charge in [0.2, 0.25) is 5.89 Å². The van der Waals surface area contributed by atoms with Gasteiger partial charge in [0, 0.05) is 18.4 Å². The van der Waals surface area contributed by atoms with Gasteiger partial charge >= 0.3 is 0 Å². The smallest absolute Gasteiger partial charge is 0.230 e. The number of aromatic nitrogens is 2. The highest BCUT2D eigenvalue weighted by Gasteiger charge is 2.67. The second-order valence-corrected chi connectivity index (χ2v) is 6.32. The van der Waals surface area contributed by atoms with Crippen LogP contribution in [-0.4, -0.2) is 23.2 Å². The fourth-order valence-corrected chi connectivity index (χ4v) is 2.66. The lowest BCUT2D eigenvalue weighted by Gasteiger charge is -2.04. The standard InChI is InChI=1S/C13H23N3O.ClH/c1-8(14-6)7-9-15-11(17-16-9)10-12(2,3)13(10,4)5;/h8,10,14H,7H2,1-6H3;1H. The summed E-state index contributed by atoms with van der Waals surface area (Å²) in [5.41, 5.74) is 0.511. The molecular weight excluding hydrogens is 250 g/mol. The predicted octanol–water partition coefficient (Wildman–Crippen LogP) is 2.79. The zero-order valence-electron chi connectivity index (χ0n) is 12.1. The Morgan fingerprint density at radius 3 is 2.28 bits per heavy atom. The van der Waals surface area contributed by atoms with Crippen molar-refractivity contribution < 1.29 is 4.52 Å². The third kappa shape index (κ3) is 2.28. The van der Waals surface area contributed by atoms with E-state index in [2.05, 4.69) is 50.1 Å². The molecule has 1 aliphatic rings. The molecule has 1 fully saturated rings. The first kappa shape index (κ1) is 15.4. The monoisotopic (exact) mass is 273 g/mol. The van der Waals surface area contributed by atoms with Gasteiger partial charge in [0.25, 0.3) is 0 Å². The lowest BCUT2D eigenvalue weighted by atomic mass is 10.0. The first-order valence-electron chi connectivity index (χ1n) is 6.30. The molecule has 1 saturated carbocycles. The highest BCUT2D eigenvalue weighted by atomic mass is 35.5. The molecule has 1 aliphatic carbocycles. The van der Waals surface area contributed by atoms with Gasteiger partial charge in [-0.2, -0.15) is 4.98 Å². The Kier molecular flexibility index (Phi) is 4.13. The average molecular weight is 274 g/mol.